The van der Waals surface area contributed by atoms with Crippen LogP contribution in [0.15, 0.2) is 24.3 Å². The monoisotopic (exact) mass is 537 g/mol. The third-order valence-corrected chi connectivity index (χ3v) is 7.69. The van der Waals surface area contributed by atoms with Gasteiger partial charge in [0.15, 0.2) is 18.9 Å². The Morgan fingerprint density at radius 1 is 0.838 bits per heavy atom. The van der Waals surface area contributed by atoms with E-state index in [1.807, 2.05) is 29.0 Å². The van der Waals surface area contributed by atoms with E-state index in [1.54, 1.807) is 0 Å². The zero-order chi connectivity index (χ0) is 26.6. The third kappa shape index (κ3) is 16.3. The molecule has 0 saturated carbocycles. The Morgan fingerprint density at radius 2 is 1.38 bits per heavy atom. The number of benzene rings is 1. The molecule has 0 bridgehead atoms. The fourth-order valence-corrected chi connectivity index (χ4v) is 5.51. The van der Waals surface area contributed by atoms with Gasteiger partial charge in [0.2, 0.25) is 10.4 Å². The highest BCUT2D eigenvalue weighted by molar-refractivity contribution is 7.80. The largest absolute Gasteiger partial charge is 0.726 e. The molecule has 37 heavy (non-hydrogen) atoms. The van der Waals surface area contributed by atoms with Gasteiger partial charge in [0.25, 0.3) is 0 Å². The lowest BCUT2D eigenvalue weighted by Crippen LogP contribution is -2.36. The van der Waals surface area contributed by atoms with Gasteiger partial charge in [-0.2, -0.15) is 0 Å². The molecule has 1 heterocycles. The highest BCUT2D eigenvalue weighted by Crippen LogP contribution is 2.15. The second kappa shape index (κ2) is 19.7. The minimum absolute atomic E-state index is 0.103. The van der Waals surface area contributed by atoms with E-state index in [1.165, 1.54) is 95.5 Å². The summed E-state index contributed by atoms with van der Waals surface area (Å²) in [5, 5.41) is 0. The van der Waals surface area contributed by atoms with Crippen molar-refractivity contribution in [1.82, 2.24) is 0 Å². The van der Waals surface area contributed by atoms with Gasteiger partial charge in [-0.3, -0.25) is 4.18 Å². The summed E-state index contributed by atoms with van der Waals surface area (Å²) in [5.41, 5.74) is 2.39. The van der Waals surface area contributed by atoms with E-state index in [-0.39, 0.29) is 6.61 Å². The molecule has 0 saturated heterocycles. The summed E-state index contributed by atoms with van der Waals surface area (Å²) in [6.07, 6.45) is 23.2. The van der Waals surface area contributed by atoms with Crippen LogP contribution in [0.3, 0.4) is 0 Å². The van der Waals surface area contributed by atoms with E-state index in [2.05, 4.69) is 13.0 Å². The molecule has 6 nitrogen and oxygen atoms in total. The average Bonchev–Trinajstić information content (AvgIpc) is 2.87. The number of rotatable bonds is 23. The summed E-state index contributed by atoms with van der Waals surface area (Å²) >= 11 is 0. The van der Waals surface area contributed by atoms with Crippen LogP contribution >= 0.6 is 0 Å². The lowest BCUT2D eigenvalue weighted by atomic mass is 10.0. The van der Waals surface area contributed by atoms with E-state index in [9.17, 15) is 13.0 Å². The van der Waals surface area contributed by atoms with Crippen LogP contribution in [0.4, 0.5) is 0 Å². The van der Waals surface area contributed by atoms with Gasteiger partial charge in [-0.15, -0.1) is 0 Å². The minimum Gasteiger partial charge on any atom is -0.726 e. The fourth-order valence-electron chi connectivity index (χ4n) is 5.06. The highest BCUT2D eigenvalue weighted by Gasteiger charge is 2.23. The Morgan fingerprint density at radius 3 is 1.95 bits per heavy atom. The second-order valence-electron chi connectivity index (χ2n) is 10.6. The summed E-state index contributed by atoms with van der Waals surface area (Å²) in [6, 6.07) is 8.14. The molecular weight excluding hydrogens is 486 g/mol. The minimum atomic E-state index is -4.78. The maximum Gasteiger partial charge on any atom is 0.218 e. The SMILES string of the molecule is CCCCCCCCCCCCCCCCCCOCC(C[N+]1=Cc2ccccc2CC1)OS(=O)(=O)[O-]. The van der Waals surface area contributed by atoms with Gasteiger partial charge in [-0.1, -0.05) is 121 Å². The summed E-state index contributed by atoms with van der Waals surface area (Å²) in [6.45, 7) is 4.01. The molecule has 0 spiro atoms. The second-order valence-corrected chi connectivity index (χ2v) is 11.6. The molecule has 212 valence electrons. The average molecular weight is 538 g/mol. The van der Waals surface area contributed by atoms with E-state index in [0.717, 1.165) is 31.4 Å². The Labute approximate surface area is 226 Å². The first-order chi connectivity index (χ1) is 18.0. The standard InChI is InChI=1S/C30H51NO5S/c1-2-3-4-5-6-7-8-9-10-11-12-13-14-15-16-19-24-35-27-30(36-37(32,33)34)26-31-23-22-28-20-17-18-21-29(28)25-31/h17-18,20-21,25,30H,2-16,19,22-24,26-27H2,1H3. The van der Waals surface area contributed by atoms with Crippen LogP contribution in [0.2, 0.25) is 0 Å². The first-order valence-corrected chi connectivity index (χ1v) is 16.2. The van der Waals surface area contributed by atoms with E-state index >= 15 is 0 Å². The van der Waals surface area contributed by atoms with Crippen molar-refractivity contribution in [2.75, 3.05) is 26.3 Å². The van der Waals surface area contributed by atoms with Crippen molar-refractivity contribution >= 4 is 16.6 Å². The molecule has 1 aliphatic heterocycles. The maximum absolute atomic E-state index is 11.2. The number of unbranched alkanes of at least 4 members (excludes halogenated alkanes) is 15. The van der Waals surface area contributed by atoms with Crippen molar-refractivity contribution in [2.45, 2.75) is 122 Å². The molecule has 1 unspecified atom stereocenters. The normalized spacial score (nSPS) is 14.4. The number of hydrogen-bond acceptors (Lipinski definition) is 5. The lowest BCUT2D eigenvalue weighted by molar-refractivity contribution is -0.532. The number of hydrogen-bond donors (Lipinski definition) is 0. The topological polar surface area (TPSA) is 78.7 Å². The molecule has 1 aromatic carbocycles. The molecule has 0 radical (unpaired) electrons. The zero-order valence-electron chi connectivity index (χ0n) is 23.2. The van der Waals surface area contributed by atoms with E-state index in [4.69, 9.17) is 8.92 Å². The predicted molar refractivity (Wildman–Crippen MR) is 150 cm³/mol. The van der Waals surface area contributed by atoms with Crippen LogP contribution in [-0.4, -0.2) is 56.2 Å². The summed E-state index contributed by atoms with van der Waals surface area (Å²) in [4.78, 5) is 0. The van der Waals surface area contributed by atoms with Gasteiger partial charge in [-0.25, -0.2) is 13.0 Å². The van der Waals surface area contributed by atoms with E-state index in [0.29, 0.717) is 13.2 Å². The molecule has 1 aromatic rings. The van der Waals surface area contributed by atoms with Gasteiger partial charge in [0, 0.05) is 18.6 Å². The Balaban J connectivity index is 1.47. The highest BCUT2D eigenvalue weighted by atomic mass is 32.3. The zero-order valence-corrected chi connectivity index (χ0v) is 24.0. The van der Waals surface area contributed by atoms with Gasteiger partial charge in [-0.05, 0) is 18.1 Å². The number of fused-ring (bicyclic) bond motifs is 1. The van der Waals surface area contributed by atoms with Gasteiger partial charge < -0.3 is 9.29 Å². The summed E-state index contributed by atoms with van der Waals surface area (Å²) in [5.74, 6) is 0. The van der Waals surface area contributed by atoms with Crippen LogP contribution in [0.25, 0.3) is 0 Å². The fraction of sp³-hybridized carbons (Fsp3) is 0.767. The predicted octanol–water partition coefficient (Wildman–Crippen LogP) is 6.80. The van der Waals surface area contributed by atoms with Crippen molar-refractivity contribution in [2.24, 2.45) is 0 Å². The van der Waals surface area contributed by atoms with Crippen molar-refractivity contribution in [3.05, 3.63) is 35.4 Å². The maximum atomic E-state index is 11.2. The van der Waals surface area contributed by atoms with Gasteiger partial charge in [0.05, 0.1) is 6.61 Å². The van der Waals surface area contributed by atoms with Crippen LogP contribution < -0.4 is 0 Å². The summed E-state index contributed by atoms with van der Waals surface area (Å²) in [7, 11) is -4.78. The number of nitrogens with zero attached hydrogens (tertiary/aromatic N) is 1. The van der Waals surface area contributed by atoms with E-state index < -0.39 is 16.5 Å². The van der Waals surface area contributed by atoms with Crippen molar-refractivity contribution < 1.29 is 26.5 Å². The van der Waals surface area contributed by atoms with Crippen LogP contribution in [0, 0.1) is 0 Å². The Kier molecular flexibility index (Phi) is 17.0. The van der Waals surface area contributed by atoms with Crippen molar-refractivity contribution in [1.29, 1.82) is 0 Å². The first kappa shape index (κ1) is 31.9. The van der Waals surface area contributed by atoms with Crippen LogP contribution in [0.1, 0.15) is 121 Å². The molecule has 0 fully saturated rings. The van der Waals surface area contributed by atoms with Crippen LogP contribution in [-0.2, 0) is 25.7 Å². The van der Waals surface area contributed by atoms with Gasteiger partial charge in [0.1, 0.15) is 6.54 Å². The van der Waals surface area contributed by atoms with Crippen molar-refractivity contribution in [3.63, 3.8) is 0 Å². The van der Waals surface area contributed by atoms with Crippen LogP contribution in [0.5, 0.6) is 0 Å². The third-order valence-electron chi connectivity index (χ3n) is 7.18. The lowest BCUT2D eigenvalue weighted by Gasteiger charge is -2.20. The Bertz CT molecular complexity index is 855. The molecule has 0 aliphatic carbocycles. The molecule has 0 amide bonds. The first-order valence-electron chi connectivity index (χ1n) is 14.9. The molecule has 1 atom stereocenters. The number of ether oxygens (including phenoxy) is 1. The molecule has 0 N–H and O–H groups in total. The smallest absolute Gasteiger partial charge is 0.218 e. The summed E-state index contributed by atoms with van der Waals surface area (Å²) < 4.78 is 46.1. The molecule has 0 aromatic heterocycles. The molecule has 7 heteroatoms. The quantitative estimate of drug-likeness (QED) is 0.0664. The molecule has 2 rings (SSSR count). The molecule has 1 aliphatic rings. The molecular formula is C30H51NO5S. The van der Waals surface area contributed by atoms with Gasteiger partial charge >= 0.3 is 0 Å². The van der Waals surface area contributed by atoms with Crippen molar-refractivity contribution in [3.8, 4) is 0 Å². The Hall–Kier alpha value is -1.28.